The molecule has 1 aromatic carbocycles. The summed E-state index contributed by atoms with van der Waals surface area (Å²) >= 11 is 0. The van der Waals surface area contributed by atoms with Crippen LogP contribution in [0.4, 0.5) is 13.2 Å². The number of hydrogen-bond donors (Lipinski definition) is 1. The predicted octanol–water partition coefficient (Wildman–Crippen LogP) is 3.80. The lowest BCUT2D eigenvalue weighted by Gasteiger charge is -2.38. The molecule has 0 aliphatic carbocycles. The Balaban J connectivity index is 2.12. The largest absolute Gasteiger partial charge is 0.416 e. The van der Waals surface area contributed by atoms with Crippen molar-refractivity contribution in [3.8, 4) is 0 Å². The van der Waals surface area contributed by atoms with Crippen molar-refractivity contribution in [2.24, 2.45) is 5.41 Å². The minimum Gasteiger partial charge on any atom is -0.337 e. The van der Waals surface area contributed by atoms with Gasteiger partial charge in [0, 0.05) is 24.5 Å². The third-order valence-corrected chi connectivity index (χ3v) is 5.57. The molecule has 25 heavy (non-hydrogen) atoms. The van der Waals surface area contributed by atoms with Gasteiger partial charge in [0.25, 0.3) is 0 Å². The summed E-state index contributed by atoms with van der Waals surface area (Å²) in [7, 11) is 0. The van der Waals surface area contributed by atoms with Crippen LogP contribution in [0.1, 0.15) is 50.7 Å². The van der Waals surface area contributed by atoms with Gasteiger partial charge in [0.2, 0.25) is 5.91 Å². The molecular weight excluding hydrogens is 329 g/mol. The minimum absolute atomic E-state index is 0.0193. The number of carbonyl (C=O) groups excluding carboxylic acids is 1. The van der Waals surface area contributed by atoms with Crippen LogP contribution in [0.2, 0.25) is 0 Å². The number of piperidine rings is 1. The molecule has 0 bridgehead atoms. The van der Waals surface area contributed by atoms with Crippen molar-refractivity contribution in [2.45, 2.75) is 51.2 Å². The van der Waals surface area contributed by atoms with E-state index in [1.807, 2.05) is 20.8 Å². The fourth-order valence-electron chi connectivity index (χ4n) is 4.30. The maximum absolute atomic E-state index is 13.6. The first kappa shape index (κ1) is 18.2. The summed E-state index contributed by atoms with van der Waals surface area (Å²) in [4.78, 5) is 15.0. The molecule has 2 atom stereocenters. The van der Waals surface area contributed by atoms with Gasteiger partial charge in [-0.25, -0.2) is 0 Å². The van der Waals surface area contributed by atoms with Crippen LogP contribution in [-0.2, 0) is 11.0 Å². The average Bonchev–Trinajstić information content (AvgIpc) is 2.80. The van der Waals surface area contributed by atoms with Gasteiger partial charge in [-0.1, -0.05) is 18.2 Å². The average molecular weight is 354 g/mol. The third kappa shape index (κ3) is 3.05. The molecule has 2 aliphatic heterocycles. The maximum Gasteiger partial charge on any atom is 0.416 e. The number of likely N-dealkylation sites (tertiary alicyclic amines) is 1. The third-order valence-electron chi connectivity index (χ3n) is 5.57. The Bertz CT molecular complexity index is 657. The van der Waals surface area contributed by atoms with E-state index >= 15 is 0 Å². The molecule has 1 aromatic rings. The van der Waals surface area contributed by atoms with Crippen LogP contribution in [0.25, 0.3) is 0 Å². The van der Waals surface area contributed by atoms with E-state index in [-0.39, 0.29) is 11.5 Å². The van der Waals surface area contributed by atoms with Crippen LogP contribution in [0.5, 0.6) is 0 Å². The van der Waals surface area contributed by atoms with Gasteiger partial charge in [-0.3, -0.25) is 4.79 Å². The van der Waals surface area contributed by atoms with Crippen LogP contribution in [0, 0.1) is 5.41 Å². The lowest BCUT2D eigenvalue weighted by atomic mass is 9.68. The van der Waals surface area contributed by atoms with Gasteiger partial charge in [-0.15, -0.1) is 0 Å². The van der Waals surface area contributed by atoms with Crippen LogP contribution in [-0.4, -0.2) is 36.0 Å². The van der Waals surface area contributed by atoms with E-state index < -0.39 is 28.6 Å². The first-order valence-electron chi connectivity index (χ1n) is 8.76. The molecule has 1 amide bonds. The molecule has 6 heteroatoms. The van der Waals surface area contributed by atoms with E-state index in [1.165, 1.54) is 6.07 Å². The van der Waals surface area contributed by atoms with E-state index in [2.05, 4.69) is 5.32 Å². The Morgan fingerprint density at radius 1 is 1.20 bits per heavy atom. The van der Waals surface area contributed by atoms with Crippen molar-refractivity contribution in [3.63, 3.8) is 0 Å². The van der Waals surface area contributed by atoms with Crippen molar-refractivity contribution >= 4 is 5.91 Å². The highest BCUT2D eigenvalue weighted by Gasteiger charge is 2.57. The zero-order valence-electron chi connectivity index (χ0n) is 14.9. The number of halogens is 3. The van der Waals surface area contributed by atoms with Gasteiger partial charge in [0.05, 0.1) is 11.0 Å². The monoisotopic (exact) mass is 354 g/mol. The number of rotatable bonds is 1. The molecule has 0 aromatic heterocycles. The van der Waals surface area contributed by atoms with Crippen molar-refractivity contribution < 1.29 is 18.0 Å². The number of carbonyl (C=O) groups is 1. The zero-order valence-corrected chi connectivity index (χ0v) is 14.9. The predicted molar refractivity (Wildman–Crippen MR) is 90.2 cm³/mol. The van der Waals surface area contributed by atoms with Gasteiger partial charge in [0.1, 0.15) is 0 Å². The fourth-order valence-corrected chi connectivity index (χ4v) is 4.30. The van der Waals surface area contributed by atoms with Crippen LogP contribution in [0.3, 0.4) is 0 Å². The van der Waals surface area contributed by atoms with Crippen molar-refractivity contribution in [3.05, 3.63) is 35.4 Å². The number of nitrogens with zero attached hydrogens (tertiary/aromatic N) is 1. The van der Waals surface area contributed by atoms with E-state index in [0.717, 1.165) is 19.0 Å². The molecule has 0 radical (unpaired) electrons. The minimum atomic E-state index is -4.42. The number of amides is 1. The van der Waals surface area contributed by atoms with E-state index in [1.54, 1.807) is 17.0 Å². The molecule has 1 N–H and O–H groups in total. The van der Waals surface area contributed by atoms with Crippen molar-refractivity contribution in [1.29, 1.82) is 0 Å². The number of hydrogen-bond acceptors (Lipinski definition) is 2. The van der Waals surface area contributed by atoms with Gasteiger partial charge in [-0.2, -0.15) is 13.2 Å². The van der Waals surface area contributed by atoms with E-state index in [0.29, 0.717) is 19.5 Å². The summed E-state index contributed by atoms with van der Waals surface area (Å²) in [5.74, 6) is -0.473. The second kappa shape index (κ2) is 6.01. The summed E-state index contributed by atoms with van der Waals surface area (Å²) in [5, 5.41) is 3.25. The molecule has 2 aliphatic rings. The second-order valence-electron chi connectivity index (χ2n) is 8.16. The Morgan fingerprint density at radius 2 is 1.88 bits per heavy atom. The Morgan fingerprint density at radius 3 is 2.44 bits per heavy atom. The zero-order chi connectivity index (χ0) is 18.5. The summed E-state index contributed by atoms with van der Waals surface area (Å²) in [6.45, 7) is 7.39. The summed E-state index contributed by atoms with van der Waals surface area (Å²) in [5.41, 5.74) is -1.57. The van der Waals surface area contributed by atoms with Crippen LogP contribution < -0.4 is 5.32 Å². The highest BCUT2D eigenvalue weighted by atomic mass is 19.4. The normalized spacial score (nSPS) is 28.0. The molecule has 3 nitrogen and oxygen atoms in total. The molecule has 2 saturated heterocycles. The van der Waals surface area contributed by atoms with Gasteiger partial charge < -0.3 is 10.2 Å². The first-order valence-corrected chi connectivity index (χ1v) is 8.76. The summed E-state index contributed by atoms with van der Waals surface area (Å²) in [6, 6.07) is 5.72. The molecule has 138 valence electrons. The molecule has 2 fully saturated rings. The van der Waals surface area contributed by atoms with Crippen LogP contribution in [0.15, 0.2) is 24.3 Å². The Labute approximate surface area is 146 Å². The molecule has 1 spiro atoms. The Hall–Kier alpha value is -1.56. The van der Waals surface area contributed by atoms with Crippen molar-refractivity contribution in [2.75, 3.05) is 19.6 Å². The van der Waals surface area contributed by atoms with Crippen LogP contribution >= 0.6 is 0 Å². The summed E-state index contributed by atoms with van der Waals surface area (Å²) < 4.78 is 40.7. The molecular formula is C19H25F3N2O. The van der Waals surface area contributed by atoms with Gasteiger partial charge >= 0.3 is 6.18 Å². The number of nitrogens with one attached hydrogen (secondary N) is 1. The first-order chi connectivity index (χ1) is 11.6. The van der Waals surface area contributed by atoms with E-state index in [4.69, 9.17) is 0 Å². The van der Waals surface area contributed by atoms with E-state index in [9.17, 15) is 18.0 Å². The highest BCUT2D eigenvalue weighted by Crippen LogP contribution is 2.51. The lowest BCUT2D eigenvalue weighted by molar-refractivity contribution is -0.142. The second-order valence-corrected chi connectivity index (χ2v) is 8.16. The topological polar surface area (TPSA) is 32.3 Å². The van der Waals surface area contributed by atoms with Gasteiger partial charge in [0.15, 0.2) is 0 Å². The fraction of sp³-hybridized carbons (Fsp3) is 0.632. The molecule has 2 heterocycles. The number of benzene rings is 1. The highest BCUT2D eigenvalue weighted by molar-refractivity contribution is 5.88. The molecule has 3 rings (SSSR count). The molecule has 0 saturated carbocycles. The SMILES string of the molecule is CC(C)(C)N1C[C@H](c2ccccc2C(F)(F)F)[C@@]2(CCCNC2)C1=O. The molecule has 0 unspecified atom stereocenters. The van der Waals surface area contributed by atoms with Gasteiger partial charge in [-0.05, 0) is 51.8 Å². The smallest absolute Gasteiger partial charge is 0.337 e. The Kier molecular flexibility index (Phi) is 4.38. The number of alkyl halides is 3. The standard InChI is InChI=1S/C19H25F3N2O/c1-17(2,3)24-11-15(18(16(24)25)9-6-10-23-12-18)13-7-4-5-8-14(13)19(20,21)22/h4-5,7-8,15,23H,6,9-12H2,1-3H3/t15-,18+/m1/s1. The van der Waals surface area contributed by atoms with Crippen molar-refractivity contribution in [1.82, 2.24) is 10.2 Å². The summed E-state index contributed by atoms with van der Waals surface area (Å²) in [6.07, 6.45) is -2.99. The quantitative estimate of drug-likeness (QED) is 0.832. The lowest BCUT2D eigenvalue weighted by Crippen LogP contribution is -2.51. The maximum atomic E-state index is 13.6.